The van der Waals surface area contributed by atoms with Crippen LogP contribution in [0.25, 0.3) is 10.8 Å². The minimum absolute atomic E-state index is 0.0699. The largest absolute Gasteiger partial charge is 0.468 e. The second-order valence-corrected chi connectivity index (χ2v) is 9.64. The number of carbonyl (C=O) groups is 2. The van der Waals surface area contributed by atoms with Gasteiger partial charge < -0.3 is 20.4 Å². The number of para-hydroxylation sites is 1. The van der Waals surface area contributed by atoms with E-state index < -0.39 is 5.92 Å². The third-order valence-corrected chi connectivity index (χ3v) is 7.18. The third-order valence-electron chi connectivity index (χ3n) is 6.16. The van der Waals surface area contributed by atoms with E-state index in [0.29, 0.717) is 33.3 Å². The van der Waals surface area contributed by atoms with Gasteiger partial charge >= 0.3 is 0 Å². The molecule has 0 radical (unpaired) electrons. The van der Waals surface area contributed by atoms with E-state index in [4.69, 9.17) is 4.42 Å². The van der Waals surface area contributed by atoms with Gasteiger partial charge in [0.2, 0.25) is 5.91 Å². The third kappa shape index (κ3) is 5.19. The lowest BCUT2D eigenvalue weighted by Crippen LogP contribution is -2.31. The van der Waals surface area contributed by atoms with E-state index in [1.807, 2.05) is 60.7 Å². The molecule has 1 aliphatic heterocycles. The van der Waals surface area contributed by atoms with Gasteiger partial charge in [-0.1, -0.05) is 66.4 Å². The minimum Gasteiger partial charge on any atom is -0.468 e. The van der Waals surface area contributed by atoms with Crippen LogP contribution in [0.15, 0.2) is 117 Å². The Bertz CT molecular complexity index is 1600. The number of hydrogen-bond acceptors (Lipinski definition) is 6. The van der Waals surface area contributed by atoms with E-state index in [1.165, 1.54) is 18.0 Å². The van der Waals surface area contributed by atoms with Crippen LogP contribution >= 0.6 is 11.8 Å². The fraction of sp³-hybridized carbons (Fsp3) is 0.100. The van der Waals surface area contributed by atoms with Crippen LogP contribution in [0.3, 0.4) is 0 Å². The van der Waals surface area contributed by atoms with E-state index in [2.05, 4.69) is 22.0 Å². The SMILES string of the molecule is CC1=C(C(=O)Nc2ccccc2)C(c2ccco2)C(C#N)=C(SCC(=O)Nc2cccc3ccccc23)N1. The Morgan fingerprint density at radius 1 is 0.974 bits per heavy atom. The van der Waals surface area contributed by atoms with Gasteiger partial charge in [0, 0.05) is 22.5 Å². The molecular formula is C30H24N4O3S. The van der Waals surface area contributed by atoms with Crippen LogP contribution in [0.5, 0.6) is 0 Å². The van der Waals surface area contributed by atoms with Crippen LogP contribution in [0.2, 0.25) is 0 Å². The van der Waals surface area contributed by atoms with Crippen LogP contribution in [-0.4, -0.2) is 17.6 Å². The number of thioether (sulfide) groups is 1. The fourth-order valence-electron chi connectivity index (χ4n) is 4.45. The lowest BCUT2D eigenvalue weighted by atomic mass is 9.85. The first-order valence-electron chi connectivity index (χ1n) is 12.0. The number of dihydropyridines is 1. The number of nitriles is 1. The number of rotatable bonds is 7. The molecule has 0 bridgehead atoms. The van der Waals surface area contributed by atoms with E-state index in [0.717, 1.165) is 16.5 Å². The number of anilines is 2. The predicted molar refractivity (Wildman–Crippen MR) is 150 cm³/mol. The van der Waals surface area contributed by atoms with E-state index in [-0.39, 0.29) is 17.6 Å². The molecule has 188 valence electrons. The van der Waals surface area contributed by atoms with Crippen molar-refractivity contribution in [1.82, 2.24) is 5.32 Å². The Morgan fingerprint density at radius 3 is 2.50 bits per heavy atom. The molecule has 3 aromatic carbocycles. The second-order valence-electron chi connectivity index (χ2n) is 8.65. The topological polar surface area (TPSA) is 107 Å². The first-order chi connectivity index (χ1) is 18.5. The average molecular weight is 521 g/mol. The fourth-order valence-corrected chi connectivity index (χ4v) is 5.34. The highest BCUT2D eigenvalue weighted by Crippen LogP contribution is 2.41. The monoisotopic (exact) mass is 520 g/mol. The second kappa shape index (κ2) is 11.1. The zero-order chi connectivity index (χ0) is 26.5. The Morgan fingerprint density at radius 2 is 1.74 bits per heavy atom. The highest BCUT2D eigenvalue weighted by atomic mass is 32.2. The van der Waals surface area contributed by atoms with Crippen molar-refractivity contribution in [2.24, 2.45) is 0 Å². The maximum Gasteiger partial charge on any atom is 0.254 e. The summed E-state index contributed by atoms with van der Waals surface area (Å²) >= 11 is 1.21. The summed E-state index contributed by atoms with van der Waals surface area (Å²) in [5.41, 5.74) is 2.64. The molecule has 2 heterocycles. The summed E-state index contributed by atoms with van der Waals surface area (Å²) in [5.74, 6) is -0.724. The van der Waals surface area contributed by atoms with Gasteiger partial charge in [0.25, 0.3) is 5.91 Å². The van der Waals surface area contributed by atoms with Crippen molar-refractivity contribution in [2.75, 3.05) is 16.4 Å². The molecule has 7 nitrogen and oxygen atoms in total. The average Bonchev–Trinajstić information content (AvgIpc) is 3.47. The zero-order valence-electron chi connectivity index (χ0n) is 20.5. The Hall–Kier alpha value is -4.74. The van der Waals surface area contributed by atoms with Crippen molar-refractivity contribution in [3.8, 4) is 6.07 Å². The minimum atomic E-state index is -0.719. The molecule has 2 amide bonds. The molecular weight excluding hydrogens is 496 g/mol. The smallest absolute Gasteiger partial charge is 0.254 e. The number of benzene rings is 3. The standard InChI is InChI=1S/C30H24N4O3S/c1-19-27(29(36)33-21-11-3-2-4-12-21)28(25-15-8-16-37-25)23(17-31)30(32-19)38-18-26(35)34-24-14-7-10-20-9-5-6-13-22(20)24/h2-16,28,32H,18H2,1H3,(H,33,36)(H,34,35). The van der Waals surface area contributed by atoms with E-state index in [1.54, 1.807) is 31.2 Å². The predicted octanol–water partition coefficient (Wildman–Crippen LogP) is 6.14. The number of furan rings is 1. The normalized spacial score (nSPS) is 15.1. The van der Waals surface area contributed by atoms with Gasteiger partial charge in [0.05, 0.1) is 40.2 Å². The Kier molecular flexibility index (Phi) is 7.29. The van der Waals surface area contributed by atoms with Crippen molar-refractivity contribution < 1.29 is 14.0 Å². The number of nitrogens with one attached hydrogen (secondary N) is 3. The number of allylic oxidation sites excluding steroid dienone is 2. The number of carbonyl (C=O) groups excluding carboxylic acids is 2. The molecule has 0 aliphatic carbocycles. The molecule has 3 N–H and O–H groups in total. The van der Waals surface area contributed by atoms with Crippen molar-refractivity contribution in [1.29, 1.82) is 5.26 Å². The first kappa shape index (κ1) is 24.9. The van der Waals surface area contributed by atoms with Crippen molar-refractivity contribution in [3.63, 3.8) is 0 Å². The molecule has 0 saturated carbocycles. The molecule has 1 aromatic heterocycles. The summed E-state index contributed by atoms with van der Waals surface area (Å²) in [4.78, 5) is 26.3. The highest BCUT2D eigenvalue weighted by Gasteiger charge is 2.36. The lowest BCUT2D eigenvalue weighted by Gasteiger charge is -2.28. The molecule has 0 spiro atoms. The molecule has 4 aromatic rings. The van der Waals surface area contributed by atoms with E-state index in [9.17, 15) is 14.9 Å². The van der Waals surface area contributed by atoms with Crippen molar-refractivity contribution in [3.05, 3.63) is 119 Å². The molecule has 5 rings (SSSR count). The summed E-state index contributed by atoms with van der Waals surface area (Å²) in [5, 5.41) is 21.7. The summed E-state index contributed by atoms with van der Waals surface area (Å²) < 4.78 is 5.66. The Balaban J connectivity index is 1.38. The number of nitrogens with zero attached hydrogens (tertiary/aromatic N) is 1. The van der Waals surface area contributed by atoms with Gasteiger partial charge in [-0.3, -0.25) is 9.59 Å². The molecule has 8 heteroatoms. The molecule has 1 aliphatic rings. The summed E-state index contributed by atoms with van der Waals surface area (Å²) in [6.07, 6.45) is 1.51. The molecule has 0 fully saturated rings. The highest BCUT2D eigenvalue weighted by molar-refractivity contribution is 8.03. The first-order valence-corrected chi connectivity index (χ1v) is 13.0. The zero-order valence-corrected chi connectivity index (χ0v) is 21.3. The maximum absolute atomic E-state index is 13.4. The van der Waals surface area contributed by atoms with Crippen LogP contribution in [0.4, 0.5) is 11.4 Å². The molecule has 0 saturated heterocycles. The van der Waals surface area contributed by atoms with Gasteiger partial charge in [-0.05, 0) is 42.6 Å². The van der Waals surface area contributed by atoms with Gasteiger partial charge in [-0.2, -0.15) is 5.26 Å². The van der Waals surface area contributed by atoms with E-state index >= 15 is 0 Å². The quantitative estimate of drug-likeness (QED) is 0.270. The Labute approximate surface area is 224 Å². The maximum atomic E-state index is 13.4. The number of fused-ring (bicyclic) bond motifs is 1. The van der Waals surface area contributed by atoms with Crippen LogP contribution in [0, 0.1) is 11.3 Å². The molecule has 1 unspecified atom stereocenters. The van der Waals surface area contributed by atoms with Crippen molar-refractivity contribution in [2.45, 2.75) is 12.8 Å². The van der Waals surface area contributed by atoms with Crippen LogP contribution < -0.4 is 16.0 Å². The van der Waals surface area contributed by atoms with Gasteiger partial charge in [-0.15, -0.1) is 0 Å². The van der Waals surface area contributed by atoms with Gasteiger partial charge in [0.1, 0.15) is 5.76 Å². The molecule has 38 heavy (non-hydrogen) atoms. The van der Waals surface area contributed by atoms with Crippen LogP contribution in [0.1, 0.15) is 18.6 Å². The summed E-state index contributed by atoms with van der Waals surface area (Å²) in [6, 6.07) is 28.4. The van der Waals surface area contributed by atoms with Gasteiger partial charge in [0.15, 0.2) is 0 Å². The summed E-state index contributed by atoms with van der Waals surface area (Å²) in [7, 11) is 0. The lowest BCUT2D eigenvalue weighted by molar-refractivity contribution is -0.114. The van der Waals surface area contributed by atoms with Crippen molar-refractivity contribution >= 4 is 45.7 Å². The van der Waals surface area contributed by atoms with Crippen LogP contribution in [-0.2, 0) is 9.59 Å². The van der Waals surface area contributed by atoms with Gasteiger partial charge in [-0.25, -0.2) is 0 Å². The number of amides is 2. The number of hydrogen-bond donors (Lipinski definition) is 3. The summed E-state index contributed by atoms with van der Waals surface area (Å²) in [6.45, 7) is 1.78. The molecule has 1 atom stereocenters.